The number of rotatable bonds is 4. The summed E-state index contributed by atoms with van der Waals surface area (Å²) in [6, 6.07) is 7.50. The molecule has 7 heteroatoms. The van der Waals surface area contributed by atoms with Gasteiger partial charge in [0.25, 0.3) is 0 Å². The molecular formula is C14H13N3O4. The predicted molar refractivity (Wildman–Crippen MR) is 77.0 cm³/mol. The van der Waals surface area contributed by atoms with Gasteiger partial charge in [-0.3, -0.25) is 0 Å². The molecule has 0 unspecified atom stereocenters. The van der Waals surface area contributed by atoms with Gasteiger partial charge in [-0.1, -0.05) is 18.2 Å². The van der Waals surface area contributed by atoms with E-state index in [0.717, 1.165) is 10.9 Å². The summed E-state index contributed by atoms with van der Waals surface area (Å²) in [6.07, 6.45) is 3.06. The molecule has 0 aliphatic heterocycles. The summed E-state index contributed by atoms with van der Waals surface area (Å²) in [5, 5.41) is 18.6. The molecule has 1 aromatic heterocycles. The van der Waals surface area contributed by atoms with Crippen molar-refractivity contribution in [3.05, 3.63) is 47.4 Å². The van der Waals surface area contributed by atoms with Crippen LogP contribution in [0.3, 0.4) is 0 Å². The fourth-order valence-electron chi connectivity index (χ4n) is 1.95. The first-order chi connectivity index (χ1) is 9.91. The third kappa shape index (κ3) is 2.76. The second kappa shape index (κ2) is 5.49. The molecule has 0 saturated carbocycles. The minimum atomic E-state index is -1.53. The molecule has 0 fully saturated rings. The Morgan fingerprint density at radius 3 is 2.52 bits per heavy atom. The zero-order valence-electron chi connectivity index (χ0n) is 11.1. The molecule has 7 nitrogen and oxygen atoms in total. The van der Waals surface area contributed by atoms with Crippen LogP contribution in [0.4, 0.5) is 0 Å². The Hall–Kier alpha value is -3.09. The molecule has 1 heterocycles. The van der Waals surface area contributed by atoms with Gasteiger partial charge in [0.05, 0.1) is 0 Å². The summed E-state index contributed by atoms with van der Waals surface area (Å²) in [5.74, 6) is -3.02. The predicted octanol–water partition coefficient (Wildman–Crippen LogP) is 0.937. The number of fused-ring (bicyclic) bond motifs is 1. The smallest absolute Gasteiger partial charge is 0.356 e. The number of carbonyl (C=O) groups is 2. The molecule has 0 radical (unpaired) electrons. The zero-order chi connectivity index (χ0) is 15.6. The van der Waals surface area contributed by atoms with Gasteiger partial charge < -0.3 is 20.5 Å². The van der Waals surface area contributed by atoms with Crippen LogP contribution in [0.15, 0.2) is 46.8 Å². The molecule has 0 aliphatic carbocycles. The number of carboxylic acid groups (broad SMARTS) is 2. The summed E-state index contributed by atoms with van der Waals surface area (Å²) in [7, 11) is 1.85. The number of para-hydroxylation sites is 1. The Kier molecular flexibility index (Phi) is 3.75. The monoisotopic (exact) mass is 287 g/mol. The lowest BCUT2D eigenvalue weighted by molar-refractivity contribution is -0.136. The highest BCUT2D eigenvalue weighted by Crippen LogP contribution is 2.19. The van der Waals surface area contributed by atoms with Crippen molar-refractivity contribution in [2.45, 2.75) is 0 Å². The number of aliphatic imine (C=N–C) groups is 1. The van der Waals surface area contributed by atoms with Crippen molar-refractivity contribution >= 4 is 29.1 Å². The van der Waals surface area contributed by atoms with E-state index >= 15 is 0 Å². The summed E-state index contributed by atoms with van der Waals surface area (Å²) in [6.45, 7) is 0. The normalized spacial score (nSPS) is 12.6. The molecule has 2 rings (SSSR count). The van der Waals surface area contributed by atoms with Crippen molar-refractivity contribution in [3.63, 3.8) is 0 Å². The molecular weight excluding hydrogens is 274 g/mol. The van der Waals surface area contributed by atoms with E-state index in [1.54, 1.807) is 6.20 Å². The van der Waals surface area contributed by atoms with Gasteiger partial charge in [0, 0.05) is 35.9 Å². The fourth-order valence-corrected chi connectivity index (χ4v) is 1.95. The highest BCUT2D eigenvalue weighted by Gasteiger charge is 2.16. The van der Waals surface area contributed by atoms with E-state index in [1.165, 1.54) is 6.21 Å². The number of nitrogens with zero attached hydrogens (tertiary/aromatic N) is 2. The second-order valence-electron chi connectivity index (χ2n) is 4.34. The maximum Gasteiger partial charge on any atom is 0.356 e. The standard InChI is InChI=1S/C14H13N3O4/c1-17-7-8(9-4-2-3-5-10(9)17)6-16-12(14(20)21)11(15)13(18)19/h2-7H,15H2,1H3,(H,18,19)(H,20,21)/b12-11+,16-6?. The maximum absolute atomic E-state index is 11.0. The van der Waals surface area contributed by atoms with Gasteiger partial charge in [-0.15, -0.1) is 0 Å². The van der Waals surface area contributed by atoms with Gasteiger partial charge in [0.1, 0.15) is 0 Å². The number of aryl methyl sites for hydroxylation is 1. The zero-order valence-corrected chi connectivity index (χ0v) is 11.1. The first-order valence-electron chi connectivity index (χ1n) is 5.96. The molecule has 108 valence electrons. The molecule has 0 saturated heterocycles. The van der Waals surface area contributed by atoms with E-state index in [0.29, 0.717) is 5.56 Å². The number of benzene rings is 1. The van der Waals surface area contributed by atoms with Crippen LogP contribution in [0, 0.1) is 0 Å². The minimum absolute atomic E-state index is 0.671. The Morgan fingerprint density at radius 2 is 1.90 bits per heavy atom. The Morgan fingerprint density at radius 1 is 1.24 bits per heavy atom. The lowest BCUT2D eigenvalue weighted by atomic mass is 10.2. The molecule has 0 atom stereocenters. The first-order valence-corrected chi connectivity index (χ1v) is 5.96. The van der Waals surface area contributed by atoms with Gasteiger partial charge in [-0.2, -0.15) is 0 Å². The van der Waals surface area contributed by atoms with E-state index in [4.69, 9.17) is 15.9 Å². The van der Waals surface area contributed by atoms with Crippen molar-refractivity contribution in [1.82, 2.24) is 4.57 Å². The molecule has 0 spiro atoms. The lowest BCUT2D eigenvalue weighted by Gasteiger charge is -1.98. The van der Waals surface area contributed by atoms with Gasteiger partial charge in [0.15, 0.2) is 11.4 Å². The highest BCUT2D eigenvalue weighted by atomic mass is 16.4. The van der Waals surface area contributed by atoms with Crippen LogP contribution in [-0.2, 0) is 16.6 Å². The van der Waals surface area contributed by atoms with Crippen molar-refractivity contribution in [1.29, 1.82) is 0 Å². The molecule has 4 N–H and O–H groups in total. The largest absolute Gasteiger partial charge is 0.477 e. The summed E-state index contributed by atoms with van der Waals surface area (Å²) in [4.78, 5) is 25.5. The number of aliphatic carboxylic acids is 2. The fraction of sp³-hybridized carbons (Fsp3) is 0.0714. The summed E-state index contributed by atoms with van der Waals surface area (Å²) >= 11 is 0. The second-order valence-corrected chi connectivity index (χ2v) is 4.34. The van der Waals surface area contributed by atoms with Crippen LogP contribution in [0.1, 0.15) is 5.56 Å². The van der Waals surface area contributed by atoms with Gasteiger partial charge in [-0.05, 0) is 6.07 Å². The van der Waals surface area contributed by atoms with E-state index in [2.05, 4.69) is 4.99 Å². The third-order valence-electron chi connectivity index (χ3n) is 2.95. The molecule has 21 heavy (non-hydrogen) atoms. The van der Waals surface area contributed by atoms with Crippen molar-refractivity contribution in [2.75, 3.05) is 0 Å². The van der Waals surface area contributed by atoms with E-state index < -0.39 is 23.3 Å². The van der Waals surface area contributed by atoms with Crippen LogP contribution in [0.2, 0.25) is 0 Å². The van der Waals surface area contributed by atoms with E-state index in [1.807, 2.05) is 35.9 Å². The topological polar surface area (TPSA) is 118 Å². The van der Waals surface area contributed by atoms with Crippen LogP contribution >= 0.6 is 0 Å². The summed E-state index contributed by atoms with van der Waals surface area (Å²) < 4.78 is 1.86. The van der Waals surface area contributed by atoms with Crippen LogP contribution in [0.25, 0.3) is 10.9 Å². The van der Waals surface area contributed by atoms with Crippen LogP contribution < -0.4 is 5.73 Å². The number of nitrogens with two attached hydrogens (primary N) is 1. The molecule has 0 bridgehead atoms. The third-order valence-corrected chi connectivity index (χ3v) is 2.95. The minimum Gasteiger partial charge on any atom is -0.477 e. The first kappa shape index (κ1) is 14.3. The van der Waals surface area contributed by atoms with E-state index in [-0.39, 0.29) is 0 Å². The maximum atomic E-state index is 11.0. The van der Waals surface area contributed by atoms with Crippen molar-refractivity contribution < 1.29 is 19.8 Å². The van der Waals surface area contributed by atoms with Crippen LogP contribution in [-0.4, -0.2) is 32.9 Å². The number of aromatic nitrogens is 1. The van der Waals surface area contributed by atoms with Gasteiger partial charge in [0.2, 0.25) is 0 Å². The molecule has 0 amide bonds. The van der Waals surface area contributed by atoms with Gasteiger partial charge in [-0.25, -0.2) is 14.6 Å². The Balaban J connectivity index is 2.50. The SMILES string of the molecule is Cn1cc(C=N/C(C(=O)O)=C(/N)C(=O)O)c2ccccc21. The lowest BCUT2D eigenvalue weighted by Crippen LogP contribution is -2.17. The Bertz CT molecular complexity index is 787. The average molecular weight is 287 g/mol. The van der Waals surface area contributed by atoms with E-state index in [9.17, 15) is 9.59 Å². The van der Waals surface area contributed by atoms with Crippen molar-refractivity contribution in [3.8, 4) is 0 Å². The molecule has 0 aliphatic rings. The number of hydrogen-bond donors (Lipinski definition) is 3. The number of carboxylic acids is 2. The number of hydrogen-bond acceptors (Lipinski definition) is 4. The molecule has 2 aromatic rings. The highest BCUT2D eigenvalue weighted by molar-refractivity contribution is 6.03. The van der Waals surface area contributed by atoms with Crippen molar-refractivity contribution in [2.24, 2.45) is 17.8 Å². The van der Waals surface area contributed by atoms with Gasteiger partial charge >= 0.3 is 11.9 Å². The average Bonchev–Trinajstić information content (AvgIpc) is 2.76. The quantitative estimate of drug-likeness (QED) is 0.571. The molecule has 1 aromatic carbocycles. The van der Waals surface area contributed by atoms with Crippen LogP contribution in [0.5, 0.6) is 0 Å². The Labute approximate surface area is 119 Å². The summed E-state index contributed by atoms with van der Waals surface area (Å²) in [5.41, 5.74) is 5.34.